The molecule has 0 spiro atoms. The highest BCUT2D eigenvalue weighted by atomic mass is 32.2. The fourth-order valence-electron chi connectivity index (χ4n) is 2.39. The third-order valence-corrected chi connectivity index (χ3v) is 5.18. The summed E-state index contributed by atoms with van der Waals surface area (Å²) in [5.74, 6) is 0.0118. The van der Waals surface area contributed by atoms with Crippen LogP contribution in [0.4, 0.5) is 0 Å². The van der Waals surface area contributed by atoms with E-state index in [1.807, 2.05) is 6.92 Å². The number of hydrogen-bond donors (Lipinski definition) is 3. The van der Waals surface area contributed by atoms with E-state index >= 15 is 0 Å². The molecule has 0 aromatic carbocycles. The Kier molecular flexibility index (Phi) is 5.28. The van der Waals surface area contributed by atoms with E-state index in [2.05, 4.69) is 10.0 Å². The van der Waals surface area contributed by atoms with Crippen LogP contribution in [-0.2, 0) is 14.8 Å². The van der Waals surface area contributed by atoms with Gasteiger partial charge in [0.25, 0.3) is 0 Å². The third kappa shape index (κ3) is 3.87. The van der Waals surface area contributed by atoms with Crippen molar-refractivity contribution in [1.29, 1.82) is 0 Å². The number of amides is 1. The maximum absolute atomic E-state index is 12.1. The zero-order valence-electron chi connectivity index (χ0n) is 11.2. The molecule has 0 aromatic heterocycles. The molecule has 4 N–H and O–H groups in total. The maximum atomic E-state index is 12.1. The highest BCUT2D eigenvalue weighted by Gasteiger charge is 2.50. The maximum Gasteiger partial charge on any atom is 0.233 e. The Morgan fingerprint density at radius 2 is 2.05 bits per heavy atom. The van der Waals surface area contributed by atoms with Crippen molar-refractivity contribution in [3.63, 3.8) is 0 Å². The Labute approximate surface area is 119 Å². The van der Waals surface area contributed by atoms with E-state index in [1.165, 1.54) is 0 Å². The topological polar surface area (TPSA) is 101 Å². The van der Waals surface area contributed by atoms with E-state index in [9.17, 15) is 13.2 Å². The Balaban J connectivity index is 2.50. The summed E-state index contributed by atoms with van der Waals surface area (Å²) in [6, 6.07) is 0. The summed E-state index contributed by atoms with van der Waals surface area (Å²) in [6.07, 6.45) is 1.27. The lowest BCUT2D eigenvalue weighted by molar-refractivity contribution is -0.132. The van der Waals surface area contributed by atoms with Gasteiger partial charge in [-0.05, 0) is 18.8 Å². The number of nitrogens with two attached hydrogens (primary N) is 1. The van der Waals surface area contributed by atoms with Crippen molar-refractivity contribution in [1.82, 2.24) is 10.0 Å². The minimum atomic E-state index is -3.32. The van der Waals surface area contributed by atoms with Crippen LogP contribution >= 0.6 is 12.2 Å². The number of hydrogen-bond acceptors (Lipinski definition) is 4. The first-order valence-corrected chi connectivity index (χ1v) is 8.35. The summed E-state index contributed by atoms with van der Waals surface area (Å²) in [4.78, 5) is 12.3. The Hall–Kier alpha value is -0.730. The molecular formula is C11H21N3O3S2. The fraction of sp³-hybridized carbons (Fsp3) is 0.818. The number of thiocarbonyl (C=S) groups is 1. The first-order valence-electron chi connectivity index (χ1n) is 6.29. The van der Waals surface area contributed by atoms with Crippen LogP contribution in [0.25, 0.3) is 0 Å². The largest absolute Gasteiger partial charge is 0.392 e. The van der Waals surface area contributed by atoms with Crippen LogP contribution in [0.1, 0.15) is 26.7 Å². The van der Waals surface area contributed by atoms with Crippen molar-refractivity contribution in [3.05, 3.63) is 0 Å². The second-order valence-electron chi connectivity index (χ2n) is 5.03. The van der Waals surface area contributed by atoms with Crippen LogP contribution < -0.4 is 15.8 Å². The van der Waals surface area contributed by atoms with Gasteiger partial charge in [-0.1, -0.05) is 26.1 Å². The Bertz CT molecular complexity index is 456. The lowest BCUT2D eigenvalue weighted by Crippen LogP contribution is -2.56. The third-order valence-electron chi connectivity index (χ3n) is 3.32. The Morgan fingerprint density at radius 3 is 2.47 bits per heavy atom. The molecule has 0 aliphatic heterocycles. The SMILES string of the molecule is CCNS(=O)(=O)CCNC(=O)C1(C(N)=S)CC(C)C1. The Morgan fingerprint density at radius 1 is 1.47 bits per heavy atom. The molecule has 1 aliphatic carbocycles. The van der Waals surface area contributed by atoms with Gasteiger partial charge in [0.1, 0.15) is 0 Å². The minimum Gasteiger partial charge on any atom is -0.392 e. The summed E-state index contributed by atoms with van der Waals surface area (Å²) < 4.78 is 25.2. The van der Waals surface area contributed by atoms with Crippen molar-refractivity contribution in [2.75, 3.05) is 18.8 Å². The molecule has 110 valence electrons. The van der Waals surface area contributed by atoms with Gasteiger partial charge in [-0.3, -0.25) is 4.79 Å². The van der Waals surface area contributed by atoms with Gasteiger partial charge in [0.05, 0.1) is 16.2 Å². The number of carbonyl (C=O) groups excluding carboxylic acids is 1. The average Bonchev–Trinajstić information content (AvgIpc) is 2.23. The van der Waals surface area contributed by atoms with Crippen LogP contribution in [0.3, 0.4) is 0 Å². The highest BCUT2D eigenvalue weighted by Crippen LogP contribution is 2.45. The highest BCUT2D eigenvalue weighted by molar-refractivity contribution is 7.89. The van der Waals surface area contributed by atoms with Gasteiger partial charge in [0.2, 0.25) is 15.9 Å². The molecule has 0 atom stereocenters. The van der Waals surface area contributed by atoms with E-state index in [-0.39, 0.29) is 23.2 Å². The van der Waals surface area contributed by atoms with Crippen LogP contribution in [0.15, 0.2) is 0 Å². The normalized spacial score (nSPS) is 26.5. The molecule has 0 radical (unpaired) electrons. The standard InChI is InChI=1S/C11H21N3O3S2/c1-3-14-19(16,17)5-4-13-10(15)11(9(12)18)6-8(2)7-11/h8,14H,3-7H2,1-2H3,(H2,12,18)(H,13,15). The zero-order valence-corrected chi connectivity index (χ0v) is 12.9. The molecule has 1 saturated carbocycles. The minimum absolute atomic E-state index is 0.0624. The molecule has 19 heavy (non-hydrogen) atoms. The van der Waals surface area contributed by atoms with E-state index in [0.717, 1.165) is 0 Å². The predicted octanol–water partition coefficient (Wildman–Crippen LogP) is -0.256. The zero-order chi connectivity index (χ0) is 14.7. The van der Waals surface area contributed by atoms with Gasteiger partial charge >= 0.3 is 0 Å². The smallest absolute Gasteiger partial charge is 0.233 e. The van der Waals surface area contributed by atoms with Gasteiger partial charge in [-0.25, -0.2) is 13.1 Å². The van der Waals surface area contributed by atoms with Gasteiger partial charge in [0.15, 0.2) is 0 Å². The first kappa shape index (κ1) is 16.3. The average molecular weight is 307 g/mol. The summed E-state index contributed by atoms with van der Waals surface area (Å²) in [5.41, 5.74) is 4.86. The molecule has 1 fully saturated rings. The van der Waals surface area contributed by atoms with Crippen molar-refractivity contribution in [2.45, 2.75) is 26.7 Å². The molecule has 0 bridgehead atoms. The molecular weight excluding hydrogens is 286 g/mol. The second kappa shape index (κ2) is 6.15. The van der Waals surface area contributed by atoms with Gasteiger partial charge in [-0.2, -0.15) is 0 Å². The molecule has 0 aromatic rings. The molecule has 0 saturated heterocycles. The quantitative estimate of drug-likeness (QED) is 0.563. The van der Waals surface area contributed by atoms with Gasteiger partial charge in [-0.15, -0.1) is 0 Å². The number of nitrogens with one attached hydrogen (secondary N) is 2. The van der Waals surface area contributed by atoms with Crippen molar-refractivity contribution < 1.29 is 13.2 Å². The van der Waals surface area contributed by atoms with Crippen LogP contribution in [0.2, 0.25) is 0 Å². The van der Waals surface area contributed by atoms with E-state index < -0.39 is 15.4 Å². The molecule has 8 heteroatoms. The fourth-order valence-corrected chi connectivity index (χ4v) is 3.60. The number of rotatable bonds is 7. The molecule has 1 aliphatic rings. The predicted molar refractivity (Wildman–Crippen MR) is 78.1 cm³/mol. The summed E-state index contributed by atoms with van der Waals surface area (Å²) in [7, 11) is -3.32. The lowest BCUT2D eigenvalue weighted by atomic mass is 9.62. The summed E-state index contributed by atoms with van der Waals surface area (Å²) >= 11 is 4.96. The van der Waals surface area contributed by atoms with Crippen molar-refractivity contribution >= 4 is 33.1 Å². The van der Waals surface area contributed by atoms with Crippen molar-refractivity contribution in [2.24, 2.45) is 17.1 Å². The van der Waals surface area contributed by atoms with E-state index in [1.54, 1.807) is 6.92 Å². The molecule has 0 unspecified atom stereocenters. The summed E-state index contributed by atoms with van der Waals surface area (Å²) in [5, 5.41) is 2.62. The van der Waals surface area contributed by atoms with E-state index in [4.69, 9.17) is 18.0 Å². The first-order chi connectivity index (χ1) is 8.73. The molecule has 1 rings (SSSR count). The summed E-state index contributed by atoms with van der Waals surface area (Å²) in [6.45, 7) is 4.13. The van der Waals surface area contributed by atoms with Gasteiger partial charge in [0, 0.05) is 13.1 Å². The number of carbonyl (C=O) groups is 1. The van der Waals surface area contributed by atoms with E-state index in [0.29, 0.717) is 25.3 Å². The molecule has 1 amide bonds. The monoisotopic (exact) mass is 307 g/mol. The van der Waals surface area contributed by atoms with Crippen LogP contribution in [0.5, 0.6) is 0 Å². The lowest BCUT2D eigenvalue weighted by Gasteiger charge is -2.44. The molecule has 0 heterocycles. The molecule has 6 nitrogen and oxygen atoms in total. The van der Waals surface area contributed by atoms with Crippen molar-refractivity contribution in [3.8, 4) is 0 Å². The van der Waals surface area contributed by atoms with Gasteiger partial charge < -0.3 is 11.1 Å². The van der Waals surface area contributed by atoms with Crippen LogP contribution in [0, 0.1) is 11.3 Å². The second-order valence-corrected chi connectivity index (χ2v) is 7.40. The van der Waals surface area contributed by atoms with Crippen LogP contribution in [-0.4, -0.2) is 38.2 Å². The number of sulfonamides is 1.